The first-order valence-corrected chi connectivity index (χ1v) is 10.7. The van der Waals surface area contributed by atoms with Gasteiger partial charge in [0.15, 0.2) is 5.65 Å². The molecule has 0 bridgehead atoms. The van der Waals surface area contributed by atoms with Crippen molar-refractivity contribution in [3.8, 4) is 17.0 Å². The van der Waals surface area contributed by atoms with Gasteiger partial charge in [-0.1, -0.05) is 42.5 Å². The Bertz CT molecular complexity index is 1500. The van der Waals surface area contributed by atoms with Gasteiger partial charge in [-0.3, -0.25) is 9.48 Å². The van der Waals surface area contributed by atoms with Crippen LogP contribution in [-0.2, 0) is 6.54 Å². The van der Waals surface area contributed by atoms with Gasteiger partial charge < -0.3 is 10.1 Å². The molecule has 0 unspecified atom stereocenters. The largest absolute Gasteiger partial charge is 0.496 e. The molecule has 176 valence electrons. The molecule has 0 fully saturated rings. The van der Waals surface area contributed by atoms with Crippen LogP contribution in [0, 0.1) is 0 Å². The normalized spacial score (nSPS) is 11.2. The van der Waals surface area contributed by atoms with Gasteiger partial charge in [0, 0.05) is 11.8 Å². The lowest BCUT2D eigenvalue weighted by molar-refractivity contribution is 0.102. The van der Waals surface area contributed by atoms with Gasteiger partial charge in [0.05, 0.1) is 37.4 Å². The average Bonchev–Trinajstić information content (AvgIpc) is 3.50. The van der Waals surface area contributed by atoms with Crippen LogP contribution in [0.15, 0.2) is 79.3 Å². The third kappa shape index (κ3) is 4.45. The lowest BCUT2D eigenvalue weighted by atomic mass is 10.1. The molecule has 3 aromatic heterocycles. The topological polar surface area (TPSA) is 86.3 Å². The molecule has 0 atom stereocenters. The number of nitrogens with one attached hydrogen (secondary N) is 1. The minimum atomic E-state index is -2.83. The number of anilines is 1. The molecule has 0 radical (unpaired) electrons. The fraction of sp³-hybridized carbons (Fsp3) is 0.120. The fourth-order valence-electron chi connectivity index (χ4n) is 3.78. The molecule has 5 rings (SSSR count). The molecule has 0 spiro atoms. The van der Waals surface area contributed by atoms with Crippen LogP contribution in [0.4, 0.5) is 14.5 Å². The van der Waals surface area contributed by atoms with Crippen molar-refractivity contribution in [2.24, 2.45) is 0 Å². The summed E-state index contributed by atoms with van der Waals surface area (Å²) in [6, 6.07) is 17.9. The second kappa shape index (κ2) is 9.34. The second-order valence-electron chi connectivity index (χ2n) is 7.73. The maximum atomic E-state index is 13.9. The van der Waals surface area contributed by atoms with E-state index in [4.69, 9.17) is 4.74 Å². The van der Waals surface area contributed by atoms with E-state index in [1.165, 1.54) is 25.6 Å². The first-order valence-electron chi connectivity index (χ1n) is 10.7. The maximum Gasteiger partial charge on any atom is 0.280 e. The fourth-order valence-corrected chi connectivity index (χ4v) is 3.78. The van der Waals surface area contributed by atoms with Gasteiger partial charge in [0.25, 0.3) is 12.3 Å². The molecule has 0 saturated heterocycles. The number of halogens is 2. The van der Waals surface area contributed by atoms with Crippen LogP contribution in [0.3, 0.4) is 0 Å². The van der Waals surface area contributed by atoms with Crippen LogP contribution < -0.4 is 10.1 Å². The van der Waals surface area contributed by atoms with Gasteiger partial charge in [-0.05, 0) is 23.8 Å². The van der Waals surface area contributed by atoms with Gasteiger partial charge in [0.1, 0.15) is 17.0 Å². The number of hydrogen-bond acceptors (Lipinski definition) is 5. The van der Waals surface area contributed by atoms with Crippen molar-refractivity contribution >= 4 is 17.2 Å². The van der Waals surface area contributed by atoms with Crippen LogP contribution in [0.5, 0.6) is 5.75 Å². The second-order valence-corrected chi connectivity index (χ2v) is 7.73. The quantitative estimate of drug-likeness (QED) is 0.365. The van der Waals surface area contributed by atoms with E-state index in [2.05, 4.69) is 20.5 Å². The minimum Gasteiger partial charge on any atom is -0.496 e. The number of alkyl halides is 2. The Labute approximate surface area is 198 Å². The zero-order valence-corrected chi connectivity index (χ0v) is 18.6. The Morgan fingerprint density at radius 3 is 2.60 bits per heavy atom. The number of rotatable bonds is 7. The predicted octanol–water partition coefficient (Wildman–Crippen LogP) is 4.84. The lowest BCUT2D eigenvalue weighted by Gasteiger charge is -2.11. The SMILES string of the molecule is COc1ccccc1-c1cc(C(F)F)n2ncc(C(=O)Nc3cnn(Cc4ccccc4)c3)c2n1. The van der Waals surface area contributed by atoms with E-state index in [0.717, 1.165) is 10.1 Å². The third-order valence-corrected chi connectivity index (χ3v) is 5.43. The van der Waals surface area contributed by atoms with Gasteiger partial charge in [-0.2, -0.15) is 10.2 Å². The Morgan fingerprint density at radius 2 is 1.83 bits per heavy atom. The van der Waals surface area contributed by atoms with E-state index in [1.807, 2.05) is 30.3 Å². The summed E-state index contributed by atoms with van der Waals surface area (Å²) in [5.41, 5.74) is 1.97. The van der Waals surface area contributed by atoms with Crippen LogP contribution in [0.1, 0.15) is 28.0 Å². The molecular weight excluding hydrogens is 454 g/mol. The van der Waals surface area contributed by atoms with Crippen LogP contribution in [0.25, 0.3) is 16.9 Å². The van der Waals surface area contributed by atoms with E-state index in [0.29, 0.717) is 23.5 Å². The van der Waals surface area contributed by atoms with E-state index >= 15 is 0 Å². The van der Waals surface area contributed by atoms with Crippen molar-refractivity contribution < 1.29 is 18.3 Å². The third-order valence-electron chi connectivity index (χ3n) is 5.43. The zero-order chi connectivity index (χ0) is 24.4. The van der Waals surface area contributed by atoms with Crippen molar-refractivity contribution in [3.63, 3.8) is 0 Å². The molecule has 1 amide bonds. The molecule has 0 aliphatic rings. The van der Waals surface area contributed by atoms with E-state index in [-0.39, 0.29) is 22.6 Å². The molecule has 0 aliphatic carbocycles. The number of amides is 1. The number of benzene rings is 2. The number of ether oxygens (including phenoxy) is 1. The van der Waals surface area contributed by atoms with E-state index < -0.39 is 12.3 Å². The van der Waals surface area contributed by atoms with E-state index in [1.54, 1.807) is 35.1 Å². The summed E-state index contributed by atoms with van der Waals surface area (Å²) in [7, 11) is 1.49. The van der Waals surface area contributed by atoms with Crippen molar-refractivity contribution in [1.29, 1.82) is 0 Å². The Hall–Kier alpha value is -4.60. The highest BCUT2D eigenvalue weighted by molar-refractivity contribution is 6.08. The zero-order valence-electron chi connectivity index (χ0n) is 18.6. The van der Waals surface area contributed by atoms with Crippen molar-refractivity contribution in [1.82, 2.24) is 24.4 Å². The summed E-state index contributed by atoms with van der Waals surface area (Å²) < 4.78 is 35.8. The number of fused-ring (bicyclic) bond motifs is 1. The number of carbonyl (C=O) groups excluding carboxylic acids is 1. The monoisotopic (exact) mass is 474 g/mol. The van der Waals surface area contributed by atoms with Gasteiger partial charge >= 0.3 is 0 Å². The molecular formula is C25H20F2N6O2. The summed E-state index contributed by atoms with van der Waals surface area (Å²) in [6.45, 7) is 0.537. The van der Waals surface area contributed by atoms with Crippen LogP contribution in [0.2, 0.25) is 0 Å². The number of para-hydroxylation sites is 1. The number of hydrogen-bond donors (Lipinski definition) is 1. The van der Waals surface area contributed by atoms with Crippen LogP contribution in [-0.4, -0.2) is 37.4 Å². The van der Waals surface area contributed by atoms with E-state index in [9.17, 15) is 13.6 Å². The van der Waals surface area contributed by atoms with Crippen LogP contribution >= 0.6 is 0 Å². The smallest absolute Gasteiger partial charge is 0.280 e. The van der Waals surface area contributed by atoms with Crippen molar-refractivity contribution in [2.45, 2.75) is 13.0 Å². The number of nitrogens with zero attached hydrogens (tertiary/aromatic N) is 5. The number of aromatic nitrogens is 5. The molecule has 1 N–H and O–H groups in total. The Kier molecular flexibility index (Phi) is 5.92. The number of carbonyl (C=O) groups is 1. The highest BCUT2D eigenvalue weighted by atomic mass is 19.3. The maximum absolute atomic E-state index is 13.9. The van der Waals surface area contributed by atoms with Crippen molar-refractivity contribution in [3.05, 3.63) is 96.1 Å². The Morgan fingerprint density at radius 1 is 1.06 bits per heavy atom. The van der Waals surface area contributed by atoms with Gasteiger partial charge in [-0.25, -0.2) is 18.3 Å². The minimum absolute atomic E-state index is 0.0119. The average molecular weight is 474 g/mol. The van der Waals surface area contributed by atoms with Crippen molar-refractivity contribution in [2.75, 3.05) is 12.4 Å². The first-order chi connectivity index (χ1) is 17.0. The standard InChI is InChI=1S/C25H20F2N6O2/c1-35-22-10-6-5-9-18(22)20-11-21(23(26)27)33-24(31-20)19(13-29-33)25(34)30-17-12-28-32(15-17)14-16-7-3-2-4-8-16/h2-13,15,23H,14H2,1H3,(H,30,34). The lowest BCUT2D eigenvalue weighted by Crippen LogP contribution is -2.12. The number of methoxy groups -OCH3 is 1. The predicted molar refractivity (Wildman–Crippen MR) is 126 cm³/mol. The molecule has 5 aromatic rings. The highest BCUT2D eigenvalue weighted by Crippen LogP contribution is 2.32. The highest BCUT2D eigenvalue weighted by Gasteiger charge is 2.22. The summed E-state index contributed by atoms with van der Waals surface area (Å²) in [4.78, 5) is 17.5. The summed E-state index contributed by atoms with van der Waals surface area (Å²) in [6.07, 6.45) is 1.60. The molecule has 10 heteroatoms. The molecule has 3 heterocycles. The molecule has 2 aromatic carbocycles. The molecule has 0 aliphatic heterocycles. The van der Waals surface area contributed by atoms with Gasteiger partial charge in [0.2, 0.25) is 0 Å². The molecule has 35 heavy (non-hydrogen) atoms. The molecule has 8 nitrogen and oxygen atoms in total. The molecule has 0 saturated carbocycles. The summed E-state index contributed by atoms with van der Waals surface area (Å²) in [5, 5.41) is 11.0. The van der Waals surface area contributed by atoms with Gasteiger partial charge in [-0.15, -0.1) is 0 Å². The Balaban J connectivity index is 1.47. The summed E-state index contributed by atoms with van der Waals surface area (Å²) >= 11 is 0. The summed E-state index contributed by atoms with van der Waals surface area (Å²) in [5.74, 6) is -0.0648. The first kappa shape index (κ1) is 22.2.